The number of benzene rings is 1. The topological polar surface area (TPSA) is 35.3 Å². The average Bonchev–Trinajstić information content (AvgIpc) is 2.75. The van der Waals surface area contributed by atoms with Gasteiger partial charge in [0, 0.05) is 0 Å². The molecule has 0 aromatic heterocycles. The number of methoxy groups -OCH3 is 2. The van der Waals surface area contributed by atoms with Crippen LogP contribution in [0.15, 0.2) is 35.6 Å². The minimum atomic E-state index is 0. The molecular weight excluding hydrogens is 296 g/mol. The van der Waals surface area contributed by atoms with E-state index >= 15 is 0 Å². The van der Waals surface area contributed by atoms with Gasteiger partial charge < -0.3 is 26.5 Å². The van der Waals surface area contributed by atoms with Gasteiger partial charge in [-0.25, -0.2) is 4.99 Å². The number of halogens is 1. The summed E-state index contributed by atoms with van der Waals surface area (Å²) in [5, 5.41) is 0. The summed E-state index contributed by atoms with van der Waals surface area (Å²) < 4.78 is 10.5. The molecule has 0 amide bonds. The number of nitrogens with one attached hydrogen (secondary N) is 1. The number of rotatable bonds is 4. The van der Waals surface area contributed by atoms with E-state index in [2.05, 4.69) is 12.0 Å². The van der Waals surface area contributed by atoms with Gasteiger partial charge in [0.1, 0.15) is 6.20 Å². The molecule has 0 spiro atoms. The molecule has 1 aliphatic heterocycles. The average molecular weight is 313 g/mol. The van der Waals surface area contributed by atoms with Crippen LogP contribution in [0.5, 0.6) is 11.5 Å². The lowest BCUT2D eigenvalue weighted by Gasteiger charge is -2.10. The Balaban J connectivity index is 0.00000162. The summed E-state index contributed by atoms with van der Waals surface area (Å²) in [4.78, 5) is 5.56. The van der Waals surface area contributed by atoms with Gasteiger partial charge in [-0.15, -0.1) is 0 Å². The van der Waals surface area contributed by atoms with Crippen LogP contribution in [0.4, 0.5) is 0 Å². The van der Waals surface area contributed by atoms with E-state index in [4.69, 9.17) is 9.47 Å². The number of ether oxygens (including phenoxy) is 2. The molecule has 0 saturated carbocycles. The van der Waals surface area contributed by atoms with E-state index in [1.807, 2.05) is 30.6 Å². The molecule has 1 unspecified atom stereocenters. The van der Waals surface area contributed by atoms with E-state index in [0.717, 1.165) is 23.8 Å². The Morgan fingerprint density at radius 2 is 1.89 bits per heavy atom. The van der Waals surface area contributed by atoms with Crippen molar-refractivity contribution in [3.63, 3.8) is 0 Å². The third kappa shape index (κ3) is 3.11. The van der Waals surface area contributed by atoms with Crippen LogP contribution in [0, 0.1) is 0 Å². The number of aliphatic imine (C=N–C) groups is 1. The van der Waals surface area contributed by atoms with Crippen LogP contribution in [0.2, 0.25) is 0 Å². The number of likely N-dealkylation sites (N-methyl/N-ethyl adjacent to an activating group) is 1. The monoisotopic (exact) mass is 312 g/mol. The van der Waals surface area contributed by atoms with E-state index in [1.165, 1.54) is 10.5 Å². The van der Waals surface area contributed by atoms with Gasteiger partial charge >= 0.3 is 0 Å². The molecule has 1 aliphatic rings. The van der Waals surface area contributed by atoms with Crippen LogP contribution in [-0.4, -0.2) is 27.1 Å². The largest absolute Gasteiger partial charge is 1.00 e. The molecule has 5 heteroatoms. The zero-order valence-electron chi connectivity index (χ0n) is 10.7. The molecule has 4 nitrogen and oxygen atoms in total. The van der Waals surface area contributed by atoms with Crippen LogP contribution < -0.4 is 31.4 Å². The maximum Gasteiger partial charge on any atom is 0.210 e. The first-order valence-corrected chi connectivity index (χ1v) is 5.52. The van der Waals surface area contributed by atoms with Gasteiger partial charge in [0.2, 0.25) is 5.84 Å². The van der Waals surface area contributed by atoms with Gasteiger partial charge in [0.05, 0.1) is 33.9 Å². The van der Waals surface area contributed by atoms with Crippen molar-refractivity contribution in [2.75, 3.05) is 21.3 Å². The Hall–Kier alpha value is -1.33. The molecular formula is C13H17BrN2O2. The second-order valence-corrected chi connectivity index (χ2v) is 3.94. The Morgan fingerprint density at radius 3 is 2.44 bits per heavy atom. The standard InChI is InChI=1S/C13H16N2O2.BrH/c1-15-7-6-14-13(15)9-10-4-5-11(16-2)12(8-10)17-3;/h4-8H,9H2,1-3H3;1H. The van der Waals surface area contributed by atoms with Crippen LogP contribution in [0.25, 0.3) is 0 Å². The maximum atomic E-state index is 5.28. The second-order valence-electron chi connectivity index (χ2n) is 3.94. The second kappa shape index (κ2) is 6.56. The molecule has 2 rings (SSSR count). The van der Waals surface area contributed by atoms with Gasteiger partial charge in [-0.1, -0.05) is 6.07 Å². The summed E-state index contributed by atoms with van der Waals surface area (Å²) in [7, 11) is 5.36. The van der Waals surface area contributed by atoms with E-state index in [9.17, 15) is 0 Å². The Bertz CT molecular complexity index is 472. The first-order valence-electron chi connectivity index (χ1n) is 5.52. The number of hydrogen-bond donors (Lipinski definition) is 1. The highest BCUT2D eigenvalue weighted by Gasteiger charge is 2.15. The van der Waals surface area contributed by atoms with Crippen molar-refractivity contribution in [3.05, 3.63) is 36.2 Å². The molecule has 0 saturated heterocycles. The van der Waals surface area contributed by atoms with Gasteiger partial charge in [-0.3, -0.25) is 4.90 Å². The molecule has 0 aliphatic carbocycles. The summed E-state index contributed by atoms with van der Waals surface area (Å²) in [6, 6.07) is 5.95. The van der Waals surface area contributed by atoms with Crippen molar-refractivity contribution in [2.24, 2.45) is 4.99 Å². The Kier molecular flexibility index (Phi) is 5.37. The minimum Gasteiger partial charge on any atom is -1.00 e. The summed E-state index contributed by atoms with van der Waals surface area (Å²) in [5.74, 6) is 2.62. The summed E-state index contributed by atoms with van der Waals surface area (Å²) in [5.41, 5.74) is 1.17. The maximum absolute atomic E-state index is 5.28. The zero-order chi connectivity index (χ0) is 12.3. The van der Waals surface area contributed by atoms with Crippen LogP contribution >= 0.6 is 0 Å². The predicted molar refractivity (Wildman–Crippen MR) is 66.7 cm³/mol. The summed E-state index contributed by atoms with van der Waals surface area (Å²) in [6.07, 6.45) is 4.68. The first kappa shape index (κ1) is 14.7. The van der Waals surface area contributed by atoms with Crippen molar-refractivity contribution in [2.45, 2.75) is 6.42 Å². The molecule has 1 aromatic rings. The van der Waals surface area contributed by atoms with Crippen molar-refractivity contribution in [3.8, 4) is 11.5 Å². The predicted octanol–water partition coefficient (Wildman–Crippen LogP) is -2.35. The highest BCUT2D eigenvalue weighted by molar-refractivity contribution is 5.78. The molecule has 1 heterocycles. The highest BCUT2D eigenvalue weighted by Crippen LogP contribution is 2.27. The molecule has 0 bridgehead atoms. The molecule has 98 valence electrons. The van der Waals surface area contributed by atoms with Crippen molar-refractivity contribution in [1.29, 1.82) is 0 Å². The van der Waals surface area contributed by atoms with Gasteiger partial charge in [0.25, 0.3) is 0 Å². The fourth-order valence-corrected chi connectivity index (χ4v) is 1.81. The first-order chi connectivity index (χ1) is 8.24. The summed E-state index contributed by atoms with van der Waals surface area (Å²) in [6.45, 7) is 0. The van der Waals surface area contributed by atoms with Crippen LogP contribution in [-0.2, 0) is 6.42 Å². The third-order valence-electron chi connectivity index (χ3n) is 2.83. The number of amidine groups is 1. The van der Waals surface area contributed by atoms with E-state index < -0.39 is 0 Å². The van der Waals surface area contributed by atoms with E-state index in [-0.39, 0.29) is 17.0 Å². The number of hydrogen-bond acceptors (Lipinski definition) is 3. The van der Waals surface area contributed by atoms with Crippen molar-refractivity contribution < 1.29 is 31.4 Å². The lowest BCUT2D eigenvalue weighted by molar-refractivity contribution is -0.719. The smallest absolute Gasteiger partial charge is 0.210 e. The normalized spacial score (nSPS) is 17.1. The fraction of sp³-hybridized carbons (Fsp3) is 0.308. The Morgan fingerprint density at radius 1 is 1.17 bits per heavy atom. The fourth-order valence-electron chi connectivity index (χ4n) is 1.81. The molecule has 0 fully saturated rings. The van der Waals surface area contributed by atoms with Crippen LogP contribution in [0.3, 0.4) is 0 Å². The zero-order valence-corrected chi connectivity index (χ0v) is 12.3. The lowest BCUT2D eigenvalue weighted by atomic mass is 10.1. The number of quaternary nitrogens is 1. The summed E-state index contributed by atoms with van der Waals surface area (Å²) >= 11 is 0. The quantitative estimate of drug-likeness (QED) is 0.676. The molecule has 18 heavy (non-hydrogen) atoms. The van der Waals surface area contributed by atoms with E-state index in [0.29, 0.717) is 0 Å². The SMILES string of the molecule is COc1ccc(CC2=NC=C[NH+]2C)cc1OC.[Br-]. The minimum absolute atomic E-state index is 0. The van der Waals surface area contributed by atoms with Gasteiger partial charge in [-0.2, -0.15) is 0 Å². The Labute approximate surface area is 118 Å². The van der Waals surface area contributed by atoms with Crippen LogP contribution in [0.1, 0.15) is 5.56 Å². The molecule has 1 atom stereocenters. The molecule has 1 N–H and O–H groups in total. The van der Waals surface area contributed by atoms with Crippen molar-refractivity contribution in [1.82, 2.24) is 0 Å². The molecule has 1 aromatic carbocycles. The highest BCUT2D eigenvalue weighted by atomic mass is 79.9. The van der Waals surface area contributed by atoms with Gasteiger partial charge in [0.15, 0.2) is 11.5 Å². The van der Waals surface area contributed by atoms with Crippen molar-refractivity contribution >= 4 is 5.84 Å². The lowest BCUT2D eigenvalue weighted by Crippen LogP contribution is -3.06. The third-order valence-corrected chi connectivity index (χ3v) is 2.83. The van der Waals surface area contributed by atoms with E-state index in [1.54, 1.807) is 14.2 Å². The molecule has 0 radical (unpaired) electrons. The van der Waals surface area contributed by atoms with Gasteiger partial charge in [-0.05, 0) is 17.7 Å². The number of nitrogens with zero attached hydrogens (tertiary/aromatic N) is 1.